The summed E-state index contributed by atoms with van der Waals surface area (Å²) in [5, 5.41) is 0. The van der Waals surface area contributed by atoms with Crippen LogP contribution in [0.1, 0.15) is 11.3 Å². The molecule has 0 fully saturated rings. The summed E-state index contributed by atoms with van der Waals surface area (Å²) in [6.07, 6.45) is 3.57. The van der Waals surface area contributed by atoms with Crippen LogP contribution < -0.4 is 10.3 Å². The molecular formula is C18H16N2O2. The monoisotopic (exact) mass is 292 g/mol. The van der Waals surface area contributed by atoms with Crippen LogP contribution in [-0.4, -0.2) is 16.7 Å². The molecule has 3 rings (SSSR count). The Bertz CT molecular complexity index is 910. The Morgan fingerprint density at radius 3 is 2.59 bits per heavy atom. The minimum Gasteiger partial charge on any atom is -0.496 e. The van der Waals surface area contributed by atoms with Crippen LogP contribution in [0.5, 0.6) is 5.75 Å². The van der Waals surface area contributed by atoms with E-state index < -0.39 is 0 Å². The van der Waals surface area contributed by atoms with Gasteiger partial charge in [-0.1, -0.05) is 30.3 Å². The molecule has 0 bridgehead atoms. The van der Waals surface area contributed by atoms with E-state index in [1.54, 1.807) is 24.8 Å². The number of hydrogen-bond acceptors (Lipinski definition) is 3. The van der Waals surface area contributed by atoms with E-state index in [0.29, 0.717) is 5.69 Å². The van der Waals surface area contributed by atoms with Crippen LogP contribution in [0.2, 0.25) is 0 Å². The molecule has 0 saturated carbocycles. The molecule has 22 heavy (non-hydrogen) atoms. The fourth-order valence-electron chi connectivity index (χ4n) is 2.38. The third-order valence-electron chi connectivity index (χ3n) is 3.57. The molecule has 0 radical (unpaired) electrons. The molecule has 4 heteroatoms. The molecule has 1 heterocycles. The highest BCUT2D eigenvalue weighted by atomic mass is 16.5. The van der Waals surface area contributed by atoms with Crippen molar-refractivity contribution in [2.45, 2.75) is 0 Å². The van der Waals surface area contributed by atoms with Crippen LogP contribution in [0, 0.1) is 0 Å². The Morgan fingerprint density at radius 1 is 1.05 bits per heavy atom. The minimum atomic E-state index is -0.121. The van der Waals surface area contributed by atoms with Gasteiger partial charge in [0.25, 0.3) is 5.56 Å². The van der Waals surface area contributed by atoms with Gasteiger partial charge in [-0.15, -0.1) is 0 Å². The third-order valence-corrected chi connectivity index (χ3v) is 3.57. The average molecular weight is 292 g/mol. The zero-order valence-corrected chi connectivity index (χ0v) is 12.5. The van der Waals surface area contributed by atoms with E-state index in [4.69, 9.17) is 4.74 Å². The minimum absolute atomic E-state index is 0.121. The summed E-state index contributed by atoms with van der Waals surface area (Å²) in [4.78, 5) is 16.8. The summed E-state index contributed by atoms with van der Waals surface area (Å²) in [5.74, 6) is 0.761. The molecule has 0 N–H and O–H groups in total. The standard InChI is InChI=1S/C18H16N2O2/c1-20-16-9-5-4-8-14(16)19-15(18(20)21)12-11-13-7-3-6-10-17(13)22-2/h3-12H,1-2H3/b12-11+. The highest BCUT2D eigenvalue weighted by Gasteiger charge is 2.06. The molecule has 0 aliphatic rings. The zero-order chi connectivity index (χ0) is 15.5. The lowest BCUT2D eigenvalue weighted by atomic mass is 10.1. The van der Waals surface area contributed by atoms with E-state index in [0.717, 1.165) is 22.3 Å². The van der Waals surface area contributed by atoms with Gasteiger partial charge in [-0.2, -0.15) is 0 Å². The van der Waals surface area contributed by atoms with Crippen molar-refractivity contribution in [3.05, 3.63) is 70.1 Å². The van der Waals surface area contributed by atoms with Gasteiger partial charge < -0.3 is 9.30 Å². The smallest absolute Gasteiger partial charge is 0.276 e. The Morgan fingerprint density at radius 2 is 1.77 bits per heavy atom. The van der Waals surface area contributed by atoms with Crippen LogP contribution in [0.25, 0.3) is 23.2 Å². The summed E-state index contributed by atoms with van der Waals surface area (Å²) in [7, 11) is 3.38. The summed E-state index contributed by atoms with van der Waals surface area (Å²) >= 11 is 0. The van der Waals surface area contributed by atoms with Gasteiger partial charge in [-0.25, -0.2) is 4.98 Å². The maximum atomic E-state index is 12.4. The van der Waals surface area contributed by atoms with Gasteiger partial charge in [0.1, 0.15) is 11.4 Å². The lowest BCUT2D eigenvalue weighted by Gasteiger charge is -2.06. The first-order valence-corrected chi connectivity index (χ1v) is 6.97. The molecule has 0 aliphatic carbocycles. The van der Waals surface area contributed by atoms with Crippen molar-refractivity contribution in [2.75, 3.05) is 7.11 Å². The van der Waals surface area contributed by atoms with Crippen molar-refractivity contribution in [2.24, 2.45) is 7.05 Å². The number of benzene rings is 2. The average Bonchev–Trinajstić information content (AvgIpc) is 2.57. The maximum absolute atomic E-state index is 12.4. The number of nitrogens with zero attached hydrogens (tertiary/aromatic N) is 2. The van der Waals surface area contributed by atoms with Gasteiger partial charge in [0.15, 0.2) is 0 Å². The highest BCUT2D eigenvalue weighted by molar-refractivity contribution is 5.78. The van der Waals surface area contributed by atoms with Gasteiger partial charge in [-0.3, -0.25) is 4.79 Å². The van der Waals surface area contributed by atoms with Crippen molar-refractivity contribution in [1.82, 2.24) is 9.55 Å². The normalized spacial score (nSPS) is 11.2. The van der Waals surface area contributed by atoms with E-state index in [9.17, 15) is 4.79 Å². The molecule has 3 aromatic rings. The number of ether oxygens (including phenoxy) is 1. The molecular weight excluding hydrogens is 276 g/mol. The maximum Gasteiger partial charge on any atom is 0.276 e. The van der Waals surface area contributed by atoms with Crippen LogP contribution in [-0.2, 0) is 7.05 Å². The molecule has 110 valence electrons. The Kier molecular flexibility index (Phi) is 3.74. The van der Waals surface area contributed by atoms with Gasteiger partial charge >= 0.3 is 0 Å². The quantitative estimate of drug-likeness (QED) is 0.745. The Labute approximate surface area is 128 Å². The second kappa shape index (κ2) is 5.85. The summed E-state index contributed by atoms with van der Waals surface area (Å²) < 4.78 is 6.92. The first kappa shape index (κ1) is 14.1. The summed E-state index contributed by atoms with van der Waals surface area (Å²) in [5.41, 5.74) is 2.81. The number of methoxy groups -OCH3 is 1. The number of aromatic nitrogens is 2. The Balaban J connectivity index is 2.09. The second-order valence-electron chi connectivity index (χ2n) is 4.93. The molecule has 1 aromatic heterocycles. The number of hydrogen-bond donors (Lipinski definition) is 0. The van der Waals surface area contributed by atoms with E-state index in [1.165, 1.54) is 0 Å². The lowest BCUT2D eigenvalue weighted by molar-refractivity contribution is 0.414. The second-order valence-corrected chi connectivity index (χ2v) is 4.93. The molecule has 0 spiro atoms. The van der Waals surface area contributed by atoms with E-state index in [1.807, 2.05) is 54.6 Å². The van der Waals surface area contributed by atoms with E-state index >= 15 is 0 Å². The fraction of sp³-hybridized carbons (Fsp3) is 0.111. The molecule has 4 nitrogen and oxygen atoms in total. The molecule has 0 amide bonds. The highest BCUT2D eigenvalue weighted by Crippen LogP contribution is 2.19. The molecule has 0 saturated heterocycles. The molecule has 0 atom stereocenters. The van der Waals surface area contributed by atoms with Gasteiger partial charge in [0.05, 0.1) is 18.1 Å². The number of para-hydroxylation sites is 3. The summed E-state index contributed by atoms with van der Waals surface area (Å²) in [6, 6.07) is 15.2. The van der Waals surface area contributed by atoms with Crippen molar-refractivity contribution >= 4 is 23.2 Å². The Hall–Kier alpha value is -2.88. The molecule has 0 aliphatic heterocycles. The van der Waals surface area contributed by atoms with Crippen molar-refractivity contribution < 1.29 is 4.74 Å². The predicted molar refractivity (Wildman–Crippen MR) is 88.9 cm³/mol. The molecule has 0 unspecified atom stereocenters. The zero-order valence-electron chi connectivity index (χ0n) is 12.5. The largest absolute Gasteiger partial charge is 0.496 e. The number of aryl methyl sites for hydroxylation is 1. The van der Waals surface area contributed by atoms with Crippen LogP contribution in [0.15, 0.2) is 53.3 Å². The SMILES string of the molecule is COc1ccccc1/C=C/c1nc2ccccc2n(C)c1=O. The van der Waals surface area contributed by atoms with Crippen LogP contribution in [0.4, 0.5) is 0 Å². The molecule has 2 aromatic carbocycles. The van der Waals surface area contributed by atoms with E-state index in [-0.39, 0.29) is 5.56 Å². The van der Waals surface area contributed by atoms with Gasteiger partial charge in [-0.05, 0) is 30.4 Å². The predicted octanol–water partition coefficient (Wildman–Crippen LogP) is 3.11. The van der Waals surface area contributed by atoms with Gasteiger partial charge in [0.2, 0.25) is 0 Å². The first-order chi connectivity index (χ1) is 10.7. The van der Waals surface area contributed by atoms with Crippen LogP contribution in [0.3, 0.4) is 0 Å². The topological polar surface area (TPSA) is 44.1 Å². The first-order valence-electron chi connectivity index (χ1n) is 6.97. The van der Waals surface area contributed by atoms with Crippen molar-refractivity contribution in [3.63, 3.8) is 0 Å². The summed E-state index contributed by atoms with van der Waals surface area (Å²) in [6.45, 7) is 0. The number of rotatable bonds is 3. The lowest BCUT2D eigenvalue weighted by Crippen LogP contribution is -2.21. The van der Waals surface area contributed by atoms with Crippen molar-refractivity contribution in [1.29, 1.82) is 0 Å². The van der Waals surface area contributed by atoms with Crippen LogP contribution >= 0.6 is 0 Å². The third kappa shape index (κ3) is 2.51. The van der Waals surface area contributed by atoms with Gasteiger partial charge in [0, 0.05) is 12.6 Å². The fourth-order valence-corrected chi connectivity index (χ4v) is 2.38. The van der Waals surface area contributed by atoms with E-state index in [2.05, 4.69) is 4.98 Å². The number of fused-ring (bicyclic) bond motifs is 1. The van der Waals surface area contributed by atoms with Crippen molar-refractivity contribution in [3.8, 4) is 5.75 Å².